The quantitative estimate of drug-likeness (QED) is 0.786. The molecule has 1 aromatic rings. The van der Waals surface area contributed by atoms with Crippen LogP contribution in [0.3, 0.4) is 0 Å². The number of hydrogen-bond donors (Lipinski definition) is 0. The van der Waals surface area contributed by atoms with Crippen molar-refractivity contribution >= 4 is 17.2 Å². The molecule has 112 valence electrons. The lowest BCUT2D eigenvalue weighted by molar-refractivity contribution is -0.141. The zero-order valence-electron chi connectivity index (χ0n) is 12.4. The summed E-state index contributed by atoms with van der Waals surface area (Å²) in [5, 5.41) is 13.9. The first-order valence-corrected chi connectivity index (χ1v) is 8.93. The van der Waals surface area contributed by atoms with Gasteiger partial charge in [-0.2, -0.15) is 16.6 Å². The number of nitrogens with zero attached hydrogens (tertiary/aromatic N) is 2. The minimum absolute atomic E-state index is 0.0978. The molecule has 4 heteroatoms. The molecule has 3 nitrogen and oxygen atoms in total. The molecule has 0 N–H and O–H groups in total. The summed E-state index contributed by atoms with van der Waals surface area (Å²) in [6.07, 6.45) is 8.01. The van der Waals surface area contributed by atoms with Crippen LogP contribution in [0.2, 0.25) is 0 Å². The van der Waals surface area contributed by atoms with Crippen LogP contribution in [0.15, 0.2) is 16.8 Å². The van der Waals surface area contributed by atoms with Crippen molar-refractivity contribution in [3.8, 4) is 6.07 Å². The van der Waals surface area contributed by atoms with E-state index in [0.29, 0.717) is 12.6 Å². The fraction of sp³-hybridized carbons (Fsp3) is 0.647. The summed E-state index contributed by atoms with van der Waals surface area (Å²) in [6.45, 7) is 0.677. The van der Waals surface area contributed by atoms with Crippen LogP contribution >= 0.6 is 11.3 Å². The number of nitriles is 1. The van der Waals surface area contributed by atoms with Gasteiger partial charge in [0.1, 0.15) is 5.41 Å². The van der Waals surface area contributed by atoms with E-state index < -0.39 is 5.41 Å². The molecule has 0 aromatic carbocycles. The third-order valence-electron chi connectivity index (χ3n) is 4.76. The first kappa shape index (κ1) is 14.6. The number of rotatable bonds is 4. The van der Waals surface area contributed by atoms with Gasteiger partial charge in [0.15, 0.2) is 0 Å². The average molecular weight is 302 g/mol. The zero-order chi connectivity index (χ0) is 14.7. The fourth-order valence-electron chi connectivity index (χ4n) is 3.31. The van der Waals surface area contributed by atoms with Gasteiger partial charge in [-0.25, -0.2) is 0 Å². The molecule has 21 heavy (non-hydrogen) atoms. The van der Waals surface area contributed by atoms with Crippen molar-refractivity contribution in [1.82, 2.24) is 4.90 Å². The van der Waals surface area contributed by atoms with E-state index in [4.69, 9.17) is 0 Å². The normalized spacial score (nSPS) is 21.3. The minimum atomic E-state index is -0.755. The maximum Gasteiger partial charge on any atom is 0.243 e. The summed E-state index contributed by atoms with van der Waals surface area (Å²) in [7, 11) is 0. The molecular weight excluding hydrogens is 280 g/mol. The van der Waals surface area contributed by atoms with E-state index in [-0.39, 0.29) is 5.91 Å². The number of carbonyl (C=O) groups excluding carboxylic acids is 1. The summed E-state index contributed by atoms with van der Waals surface area (Å²) < 4.78 is 0. The Morgan fingerprint density at radius 3 is 2.57 bits per heavy atom. The van der Waals surface area contributed by atoms with Gasteiger partial charge >= 0.3 is 0 Å². The lowest BCUT2D eigenvalue weighted by atomic mass is 9.80. The molecule has 0 saturated heterocycles. The molecule has 0 unspecified atom stereocenters. The van der Waals surface area contributed by atoms with Crippen molar-refractivity contribution in [1.29, 1.82) is 5.26 Å². The molecule has 1 aromatic heterocycles. The van der Waals surface area contributed by atoms with E-state index in [9.17, 15) is 10.1 Å². The maximum absolute atomic E-state index is 13.1. The van der Waals surface area contributed by atoms with Gasteiger partial charge in [0.25, 0.3) is 0 Å². The van der Waals surface area contributed by atoms with Crippen LogP contribution in [0.1, 0.15) is 56.9 Å². The van der Waals surface area contributed by atoms with Crippen molar-refractivity contribution in [2.24, 2.45) is 5.41 Å². The number of hydrogen-bond acceptors (Lipinski definition) is 3. The van der Waals surface area contributed by atoms with E-state index in [1.165, 1.54) is 5.56 Å². The second-order valence-electron chi connectivity index (χ2n) is 6.40. The molecule has 0 atom stereocenters. The first-order chi connectivity index (χ1) is 10.2. The monoisotopic (exact) mass is 302 g/mol. The summed E-state index contributed by atoms with van der Waals surface area (Å²) in [5.41, 5.74) is 0.441. The third-order valence-corrected chi connectivity index (χ3v) is 5.49. The molecule has 2 saturated carbocycles. The standard InChI is InChI=1S/C17H22N2OS/c18-13-17(8-3-1-2-4-9-17)16(20)19(15-5-6-15)11-14-7-10-21-12-14/h7,10,12,15H,1-6,8-9,11H2. The molecule has 2 fully saturated rings. The largest absolute Gasteiger partial charge is 0.334 e. The van der Waals surface area contributed by atoms with Gasteiger partial charge in [0.05, 0.1) is 6.07 Å². The lowest BCUT2D eigenvalue weighted by Gasteiger charge is -2.32. The summed E-state index contributed by atoms with van der Waals surface area (Å²) >= 11 is 1.67. The molecule has 2 aliphatic carbocycles. The molecule has 0 radical (unpaired) electrons. The molecule has 0 spiro atoms. The van der Waals surface area contributed by atoms with Crippen LogP contribution in [-0.4, -0.2) is 16.8 Å². The third kappa shape index (κ3) is 3.13. The van der Waals surface area contributed by atoms with Gasteiger partial charge in [-0.3, -0.25) is 4.79 Å². The molecule has 3 rings (SSSR count). The Bertz CT molecular complexity index is 519. The molecule has 1 amide bonds. The van der Waals surface area contributed by atoms with Gasteiger partial charge in [0, 0.05) is 12.6 Å². The summed E-state index contributed by atoms with van der Waals surface area (Å²) in [6, 6.07) is 4.86. The van der Waals surface area contributed by atoms with Crippen LogP contribution in [-0.2, 0) is 11.3 Å². The summed E-state index contributed by atoms with van der Waals surface area (Å²) in [4.78, 5) is 15.1. The topological polar surface area (TPSA) is 44.1 Å². The summed E-state index contributed by atoms with van der Waals surface area (Å²) in [5.74, 6) is 0.0978. The molecule has 2 aliphatic rings. The van der Waals surface area contributed by atoms with Crippen molar-refractivity contribution in [2.75, 3.05) is 0 Å². The van der Waals surface area contributed by atoms with E-state index in [2.05, 4.69) is 22.9 Å². The Labute approximate surface area is 130 Å². The highest BCUT2D eigenvalue weighted by Gasteiger charge is 2.45. The molecule has 1 heterocycles. The Balaban J connectivity index is 1.80. The predicted molar refractivity (Wildman–Crippen MR) is 83.6 cm³/mol. The van der Waals surface area contributed by atoms with E-state index in [1.807, 2.05) is 4.90 Å². The van der Waals surface area contributed by atoms with Crippen molar-refractivity contribution in [3.05, 3.63) is 22.4 Å². The highest BCUT2D eigenvalue weighted by molar-refractivity contribution is 7.07. The van der Waals surface area contributed by atoms with Crippen molar-refractivity contribution in [2.45, 2.75) is 64.0 Å². The van der Waals surface area contributed by atoms with Crippen molar-refractivity contribution in [3.63, 3.8) is 0 Å². The molecular formula is C17H22N2OS. The van der Waals surface area contributed by atoms with Crippen LogP contribution in [0.5, 0.6) is 0 Å². The second kappa shape index (κ2) is 6.19. The highest BCUT2D eigenvalue weighted by atomic mass is 32.1. The highest BCUT2D eigenvalue weighted by Crippen LogP contribution is 2.40. The molecule has 0 aliphatic heterocycles. The van der Waals surface area contributed by atoms with E-state index in [1.54, 1.807) is 11.3 Å². The van der Waals surface area contributed by atoms with Gasteiger partial charge in [0.2, 0.25) is 5.91 Å². The lowest BCUT2D eigenvalue weighted by Crippen LogP contribution is -2.44. The smallest absolute Gasteiger partial charge is 0.243 e. The fourth-order valence-corrected chi connectivity index (χ4v) is 3.97. The average Bonchev–Trinajstić information content (AvgIpc) is 3.27. The Morgan fingerprint density at radius 2 is 2.05 bits per heavy atom. The Hall–Kier alpha value is -1.34. The van der Waals surface area contributed by atoms with Gasteiger partial charge in [-0.05, 0) is 48.1 Å². The van der Waals surface area contributed by atoms with Crippen LogP contribution in [0, 0.1) is 16.7 Å². The van der Waals surface area contributed by atoms with Crippen LogP contribution in [0.25, 0.3) is 0 Å². The van der Waals surface area contributed by atoms with Crippen LogP contribution in [0.4, 0.5) is 0 Å². The zero-order valence-corrected chi connectivity index (χ0v) is 13.2. The van der Waals surface area contributed by atoms with Gasteiger partial charge < -0.3 is 4.90 Å². The van der Waals surface area contributed by atoms with Crippen LogP contribution < -0.4 is 0 Å². The van der Waals surface area contributed by atoms with Gasteiger partial charge in [-0.15, -0.1) is 0 Å². The number of carbonyl (C=O) groups is 1. The molecule has 0 bridgehead atoms. The SMILES string of the molecule is N#CC1(C(=O)N(Cc2ccsc2)C2CC2)CCCCCC1. The predicted octanol–water partition coefficient (Wildman–Crippen LogP) is 4.10. The van der Waals surface area contributed by atoms with Crippen molar-refractivity contribution < 1.29 is 4.79 Å². The number of amides is 1. The minimum Gasteiger partial charge on any atom is -0.334 e. The second-order valence-corrected chi connectivity index (χ2v) is 7.18. The van der Waals surface area contributed by atoms with E-state index >= 15 is 0 Å². The van der Waals surface area contributed by atoms with E-state index in [0.717, 1.165) is 51.4 Å². The first-order valence-electron chi connectivity index (χ1n) is 7.99. The maximum atomic E-state index is 13.1. The van der Waals surface area contributed by atoms with Gasteiger partial charge in [-0.1, -0.05) is 25.7 Å². The Kier molecular flexibility index (Phi) is 4.30. The Morgan fingerprint density at radius 1 is 1.33 bits per heavy atom. The number of thiophene rings is 1.